The summed E-state index contributed by atoms with van der Waals surface area (Å²) in [5, 5.41) is 5.40. The van der Waals surface area contributed by atoms with E-state index in [2.05, 4.69) is 20.1 Å². The molecule has 0 fully saturated rings. The van der Waals surface area contributed by atoms with Crippen LogP contribution in [0.15, 0.2) is 77.7 Å². The van der Waals surface area contributed by atoms with E-state index in [1.807, 2.05) is 0 Å². The van der Waals surface area contributed by atoms with Crippen LogP contribution < -0.4 is 24.8 Å². The van der Waals surface area contributed by atoms with Crippen LogP contribution in [0.25, 0.3) is 0 Å². The normalized spacial score (nSPS) is 12.2. The van der Waals surface area contributed by atoms with Crippen LogP contribution in [0.2, 0.25) is 0 Å². The number of carbonyl (C=O) groups excluding carboxylic acids is 2. The second kappa shape index (κ2) is 12.6. The number of carbonyl (C=O) groups is 2. The number of ether oxygens (including phenoxy) is 2. The number of alkyl halides is 2. The van der Waals surface area contributed by atoms with Gasteiger partial charge in [-0.3, -0.25) is 14.3 Å². The number of halogens is 2. The van der Waals surface area contributed by atoms with Crippen LogP contribution in [0.4, 0.5) is 20.2 Å². The molecule has 3 rings (SSSR count). The maximum absolute atomic E-state index is 13.2. The molecule has 208 valence electrons. The number of nitrogens with one attached hydrogen (secondary N) is 3. The van der Waals surface area contributed by atoms with E-state index >= 15 is 0 Å². The highest BCUT2D eigenvalue weighted by atomic mass is 32.2. The highest BCUT2D eigenvalue weighted by molar-refractivity contribution is 7.92. The summed E-state index contributed by atoms with van der Waals surface area (Å²) in [6.07, 6.45) is -3.44. The monoisotopic (exact) mass is 561 g/mol. The predicted molar refractivity (Wildman–Crippen MR) is 143 cm³/mol. The Morgan fingerprint density at radius 2 is 1.69 bits per heavy atom. The summed E-state index contributed by atoms with van der Waals surface area (Å²) in [7, 11) is -4.23. The molecule has 0 saturated heterocycles. The number of anilines is 2. The molecule has 0 heterocycles. The van der Waals surface area contributed by atoms with Crippen molar-refractivity contribution in [2.45, 2.75) is 37.7 Å². The summed E-state index contributed by atoms with van der Waals surface area (Å²) < 4.78 is 65.1. The molecule has 0 aromatic heterocycles. The maximum Gasteiger partial charge on any atom is 0.394 e. The van der Waals surface area contributed by atoms with Gasteiger partial charge in [0.25, 0.3) is 10.0 Å². The second-order valence-electron chi connectivity index (χ2n) is 8.53. The lowest BCUT2D eigenvalue weighted by Crippen LogP contribution is -2.33. The van der Waals surface area contributed by atoms with E-state index in [0.29, 0.717) is 12.5 Å². The van der Waals surface area contributed by atoms with Crippen LogP contribution in [0, 0.1) is 0 Å². The van der Waals surface area contributed by atoms with Crippen LogP contribution in [0.3, 0.4) is 0 Å². The van der Waals surface area contributed by atoms with Crippen molar-refractivity contribution in [2.24, 2.45) is 0 Å². The van der Waals surface area contributed by atoms with Crippen LogP contribution in [-0.2, 0) is 19.6 Å². The lowest BCUT2D eigenvalue weighted by molar-refractivity contribution is -0.158. The van der Waals surface area contributed by atoms with Gasteiger partial charge in [0.05, 0.1) is 18.2 Å². The molecule has 0 radical (unpaired) electrons. The van der Waals surface area contributed by atoms with Gasteiger partial charge in [-0.25, -0.2) is 8.42 Å². The van der Waals surface area contributed by atoms with Crippen molar-refractivity contribution in [2.75, 3.05) is 23.2 Å². The van der Waals surface area contributed by atoms with E-state index in [4.69, 9.17) is 4.74 Å². The summed E-state index contributed by atoms with van der Waals surface area (Å²) in [5.74, 6) is -1.67. The molecule has 2 amide bonds. The Balaban J connectivity index is 1.85. The highest BCUT2D eigenvalue weighted by Gasteiger charge is 2.25. The van der Waals surface area contributed by atoms with Crippen LogP contribution >= 0.6 is 0 Å². The van der Waals surface area contributed by atoms with E-state index in [9.17, 15) is 26.8 Å². The number of sulfonamides is 1. The van der Waals surface area contributed by atoms with E-state index < -0.39 is 28.0 Å². The summed E-state index contributed by atoms with van der Waals surface area (Å²) in [4.78, 5) is 24.4. The van der Waals surface area contributed by atoms with Gasteiger partial charge in [0.2, 0.25) is 11.8 Å². The molecule has 9 nitrogen and oxygen atoms in total. The van der Waals surface area contributed by atoms with Crippen molar-refractivity contribution < 1.29 is 36.3 Å². The minimum atomic E-state index is -4.23. The molecular formula is C27H29F2N3O6S. The van der Waals surface area contributed by atoms with E-state index in [1.165, 1.54) is 43.3 Å². The SMILES string of the molecule is CCOc1cc(NC(=O)C(CNC(C)=O)c2ccccc2)ccc1S(=O)(=O)Nc1cccc(OC(C)(F)F)c1. The Hall–Kier alpha value is -4.19. The molecule has 1 unspecified atom stereocenters. The van der Waals surface area contributed by atoms with Crippen molar-refractivity contribution in [3.05, 3.63) is 78.4 Å². The van der Waals surface area contributed by atoms with E-state index in [-0.39, 0.29) is 46.8 Å². The fraction of sp³-hybridized carbons (Fsp3) is 0.259. The number of hydrogen-bond donors (Lipinski definition) is 3. The zero-order valence-electron chi connectivity index (χ0n) is 21.5. The van der Waals surface area contributed by atoms with Gasteiger partial charge in [-0.05, 0) is 36.8 Å². The number of benzene rings is 3. The fourth-order valence-electron chi connectivity index (χ4n) is 3.64. The van der Waals surface area contributed by atoms with Gasteiger partial charge >= 0.3 is 6.11 Å². The largest absolute Gasteiger partial charge is 0.492 e. The first kappa shape index (κ1) is 29.4. The van der Waals surface area contributed by atoms with Gasteiger partial charge in [0, 0.05) is 38.2 Å². The quantitative estimate of drug-likeness (QED) is 0.294. The maximum atomic E-state index is 13.2. The Bertz CT molecular complexity index is 1410. The molecule has 12 heteroatoms. The zero-order chi connectivity index (χ0) is 28.6. The minimum Gasteiger partial charge on any atom is -0.492 e. The van der Waals surface area contributed by atoms with Crippen LogP contribution in [0.5, 0.6) is 11.5 Å². The third-order valence-corrected chi connectivity index (χ3v) is 6.68. The summed E-state index contributed by atoms with van der Waals surface area (Å²) in [5.41, 5.74) is 0.955. The molecule has 0 bridgehead atoms. The van der Waals surface area contributed by atoms with Gasteiger partial charge in [0.1, 0.15) is 16.4 Å². The first-order chi connectivity index (χ1) is 18.4. The molecule has 0 spiro atoms. The zero-order valence-corrected chi connectivity index (χ0v) is 22.3. The van der Waals surface area contributed by atoms with Crippen molar-refractivity contribution in [3.8, 4) is 11.5 Å². The average molecular weight is 562 g/mol. The standard InChI is InChI=1S/C27H29F2N3O6S/c1-4-37-24-16-20(31-26(34)23(17-30-18(2)33)19-9-6-5-7-10-19)13-14-25(24)39(35,36)32-21-11-8-12-22(15-21)38-27(3,28)29/h5-16,23,32H,4,17H2,1-3H3,(H,30,33)(H,31,34). The Kier molecular flexibility index (Phi) is 9.47. The molecule has 0 aliphatic carbocycles. The number of rotatable bonds is 12. The molecule has 3 aromatic rings. The van der Waals surface area contributed by atoms with Gasteiger partial charge in [-0.1, -0.05) is 36.4 Å². The Morgan fingerprint density at radius 3 is 2.33 bits per heavy atom. The van der Waals surface area contributed by atoms with Gasteiger partial charge in [-0.15, -0.1) is 0 Å². The van der Waals surface area contributed by atoms with Crippen LogP contribution in [0.1, 0.15) is 32.3 Å². The van der Waals surface area contributed by atoms with Gasteiger partial charge in [0.15, 0.2) is 0 Å². The van der Waals surface area contributed by atoms with Crippen molar-refractivity contribution >= 4 is 33.2 Å². The molecule has 39 heavy (non-hydrogen) atoms. The fourth-order valence-corrected chi connectivity index (χ4v) is 4.82. The van der Waals surface area contributed by atoms with Gasteiger partial charge < -0.3 is 20.1 Å². The minimum absolute atomic E-state index is 0.000233. The third kappa shape index (κ3) is 8.67. The first-order valence-electron chi connectivity index (χ1n) is 11.9. The topological polar surface area (TPSA) is 123 Å². The number of amides is 2. The lowest BCUT2D eigenvalue weighted by Gasteiger charge is -2.19. The van der Waals surface area contributed by atoms with Crippen molar-refractivity contribution in [1.29, 1.82) is 0 Å². The van der Waals surface area contributed by atoms with Gasteiger partial charge in [-0.2, -0.15) is 8.78 Å². The molecule has 3 N–H and O–H groups in total. The summed E-state index contributed by atoms with van der Waals surface area (Å²) in [6, 6.07) is 18.1. The first-order valence-corrected chi connectivity index (χ1v) is 13.4. The summed E-state index contributed by atoms with van der Waals surface area (Å²) >= 11 is 0. The lowest BCUT2D eigenvalue weighted by atomic mass is 9.98. The predicted octanol–water partition coefficient (Wildman–Crippen LogP) is 4.74. The van der Waals surface area contributed by atoms with E-state index in [0.717, 1.165) is 6.07 Å². The molecule has 3 aromatic carbocycles. The molecule has 0 aliphatic heterocycles. The highest BCUT2D eigenvalue weighted by Crippen LogP contribution is 2.31. The molecule has 0 saturated carbocycles. The van der Waals surface area contributed by atoms with Crippen molar-refractivity contribution in [3.63, 3.8) is 0 Å². The second-order valence-corrected chi connectivity index (χ2v) is 10.2. The Morgan fingerprint density at radius 1 is 0.974 bits per heavy atom. The molecular weight excluding hydrogens is 532 g/mol. The van der Waals surface area contributed by atoms with Crippen LogP contribution in [-0.4, -0.2) is 39.5 Å². The van der Waals surface area contributed by atoms with E-state index in [1.54, 1.807) is 37.3 Å². The number of hydrogen-bond acceptors (Lipinski definition) is 6. The average Bonchev–Trinajstić information content (AvgIpc) is 2.84. The molecule has 1 atom stereocenters. The Labute approximate surface area is 225 Å². The van der Waals surface area contributed by atoms with Crippen molar-refractivity contribution in [1.82, 2.24) is 5.32 Å². The smallest absolute Gasteiger partial charge is 0.394 e. The summed E-state index contributed by atoms with van der Waals surface area (Å²) in [6.45, 7) is 3.78. The molecule has 0 aliphatic rings. The third-order valence-electron chi connectivity index (χ3n) is 5.26.